The van der Waals surface area contributed by atoms with Gasteiger partial charge >= 0.3 is 0 Å². The van der Waals surface area contributed by atoms with Crippen LogP contribution in [0.4, 0.5) is 11.4 Å². The third kappa shape index (κ3) is 4.74. The Labute approximate surface area is 185 Å². The Kier molecular flexibility index (Phi) is 6.11. The van der Waals surface area contributed by atoms with E-state index in [2.05, 4.69) is 15.8 Å². The molecule has 1 amide bonds. The second-order valence-electron chi connectivity index (χ2n) is 8.18. The Balaban J connectivity index is 1.56. The third-order valence-electron chi connectivity index (χ3n) is 5.77. The number of carbonyl (C=O) groups is 2. The number of hydrazone groups is 1. The molecule has 164 valence electrons. The number of ketones is 1. The van der Waals surface area contributed by atoms with E-state index in [0.717, 1.165) is 41.1 Å². The average molecular weight is 432 g/mol. The maximum atomic E-state index is 12.7. The molecule has 0 bridgehead atoms. The van der Waals surface area contributed by atoms with Crippen LogP contribution in [-0.2, 0) is 16.0 Å². The number of nitro groups is 1. The zero-order valence-corrected chi connectivity index (χ0v) is 17.8. The highest BCUT2D eigenvalue weighted by atomic mass is 16.6. The van der Waals surface area contributed by atoms with E-state index in [-0.39, 0.29) is 23.3 Å². The van der Waals surface area contributed by atoms with Crippen LogP contribution in [-0.4, -0.2) is 22.3 Å². The highest BCUT2D eigenvalue weighted by Crippen LogP contribution is 2.28. The summed E-state index contributed by atoms with van der Waals surface area (Å²) in [5, 5.41) is 18.7. The first-order valence-electron chi connectivity index (χ1n) is 10.6. The van der Waals surface area contributed by atoms with Crippen LogP contribution < -0.4 is 10.7 Å². The molecule has 0 radical (unpaired) electrons. The van der Waals surface area contributed by atoms with E-state index in [0.29, 0.717) is 24.8 Å². The molecule has 4 rings (SSSR count). The molecule has 1 atom stereocenters. The molecule has 32 heavy (non-hydrogen) atoms. The van der Waals surface area contributed by atoms with Gasteiger partial charge in [0.25, 0.3) is 5.69 Å². The predicted molar refractivity (Wildman–Crippen MR) is 121 cm³/mol. The normalized spacial score (nSPS) is 18.8. The molecule has 8 nitrogen and oxygen atoms in total. The maximum Gasteiger partial charge on any atom is 0.269 e. The molecule has 0 aromatic heterocycles. The molecular weight excluding hydrogens is 408 g/mol. The lowest BCUT2D eigenvalue weighted by Crippen LogP contribution is -2.31. The number of benzene rings is 2. The summed E-state index contributed by atoms with van der Waals surface area (Å²) in [5.74, 6) is 0.0375. The highest BCUT2D eigenvalue weighted by Gasteiger charge is 2.23. The van der Waals surface area contributed by atoms with Gasteiger partial charge in [-0.3, -0.25) is 19.7 Å². The second kappa shape index (κ2) is 9.13. The van der Waals surface area contributed by atoms with Crippen molar-refractivity contribution in [1.29, 1.82) is 0 Å². The fourth-order valence-electron chi connectivity index (χ4n) is 4.12. The summed E-state index contributed by atoms with van der Waals surface area (Å²) in [5.41, 5.74) is 7.46. The van der Waals surface area contributed by atoms with Gasteiger partial charge in [-0.2, -0.15) is 5.10 Å². The fraction of sp³-hybridized carbons (Fsp3) is 0.292. The van der Waals surface area contributed by atoms with Crippen molar-refractivity contribution in [2.75, 3.05) is 5.32 Å². The number of amides is 1. The molecule has 2 aromatic carbocycles. The lowest BCUT2D eigenvalue weighted by Gasteiger charge is -2.22. The number of Topliss-reactive ketones (excluding diaryl/α,β-unsaturated/α-hetero) is 1. The van der Waals surface area contributed by atoms with Gasteiger partial charge in [-0.25, -0.2) is 5.43 Å². The summed E-state index contributed by atoms with van der Waals surface area (Å²) in [6.07, 6.45) is 2.76. The lowest BCUT2D eigenvalue weighted by atomic mass is 9.90. The van der Waals surface area contributed by atoms with Gasteiger partial charge in [0, 0.05) is 54.3 Å². The summed E-state index contributed by atoms with van der Waals surface area (Å²) in [6, 6.07) is 14.2. The number of hydrogen-bond acceptors (Lipinski definition) is 6. The second-order valence-corrected chi connectivity index (χ2v) is 8.18. The van der Waals surface area contributed by atoms with E-state index >= 15 is 0 Å². The predicted octanol–water partition coefficient (Wildman–Crippen LogP) is 4.12. The summed E-state index contributed by atoms with van der Waals surface area (Å²) in [7, 11) is 0. The minimum absolute atomic E-state index is 0.0208. The van der Waals surface area contributed by atoms with Crippen molar-refractivity contribution < 1.29 is 14.5 Å². The van der Waals surface area contributed by atoms with E-state index in [4.69, 9.17) is 0 Å². The highest BCUT2D eigenvalue weighted by molar-refractivity contribution is 6.05. The molecule has 1 heterocycles. The van der Waals surface area contributed by atoms with Crippen LogP contribution >= 0.6 is 0 Å². The van der Waals surface area contributed by atoms with E-state index < -0.39 is 4.92 Å². The van der Waals surface area contributed by atoms with Crippen LogP contribution in [0.25, 0.3) is 0 Å². The van der Waals surface area contributed by atoms with Crippen molar-refractivity contribution in [3.63, 3.8) is 0 Å². The Morgan fingerprint density at radius 2 is 1.94 bits per heavy atom. The van der Waals surface area contributed by atoms with Crippen LogP contribution in [0.1, 0.15) is 43.7 Å². The number of hydrogen-bond donors (Lipinski definition) is 2. The molecule has 2 N–H and O–H groups in total. The molecule has 0 saturated heterocycles. The zero-order valence-electron chi connectivity index (χ0n) is 17.8. The Morgan fingerprint density at radius 3 is 2.66 bits per heavy atom. The number of anilines is 1. The van der Waals surface area contributed by atoms with Crippen molar-refractivity contribution in [2.45, 2.75) is 39.0 Å². The van der Waals surface area contributed by atoms with E-state index in [1.807, 2.05) is 31.2 Å². The van der Waals surface area contributed by atoms with Gasteiger partial charge in [-0.1, -0.05) is 31.2 Å². The summed E-state index contributed by atoms with van der Waals surface area (Å²) < 4.78 is 0. The summed E-state index contributed by atoms with van der Waals surface area (Å²) >= 11 is 0. The topological polar surface area (TPSA) is 114 Å². The number of nitro benzene ring substituents is 1. The Hall–Kier alpha value is -3.81. The number of carbonyl (C=O) groups excluding carboxylic acids is 2. The first-order chi connectivity index (χ1) is 15.4. The lowest BCUT2D eigenvalue weighted by molar-refractivity contribution is -0.384. The first-order valence-corrected chi connectivity index (χ1v) is 10.6. The number of allylic oxidation sites excluding steroid dienone is 2. The van der Waals surface area contributed by atoms with Gasteiger partial charge in [-0.15, -0.1) is 0 Å². The first kappa shape index (κ1) is 21.4. The van der Waals surface area contributed by atoms with Crippen molar-refractivity contribution in [2.24, 2.45) is 11.0 Å². The smallest absolute Gasteiger partial charge is 0.269 e. The zero-order chi connectivity index (χ0) is 22.7. The molecule has 0 unspecified atom stereocenters. The molecular formula is C24H24N4O4. The van der Waals surface area contributed by atoms with Crippen LogP contribution in [0.15, 0.2) is 64.9 Å². The van der Waals surface area contributed by atoms with E-state index in [9.17, 15) is 19.7 Å². The molecule has 2 aliphatic rings. The van der Waals surface area contributed by atoms with Crippen molar-refractivity contribution in [3.8, 4) is 0 Å². The van der Waals surface area contributed by atoms with Crippen molar-refractivity contribution >= 4 is 28.8 Å². The van der Waals surface area contributed by atoms with Gasteiger partial charge < -0.3 is 5.32 Å². The third-order valence-corrected chi connectivity index (χ3v) is 5.77. The summed E-state index contributed by atoms with van der Waals surface area (Å²) in [4.78, 5) is 34.8. The van der Waals surface area contributed by atoms with E-state index in [1.165, 1.54) is 12.1 Å². The minimum Gasteiger partial charge on any atom is -0.359 e. The quantitative estimate of drug-likeness (QED) is 0.527. The van der Waals surface area contributed by atoms with Gasteiger partial charge in [-0.05, 0) is 36.1 Å². The van der Waals surface area contributed by atoms with Gasteiger partial charge in [0.05, 0.1) is 10.6 Å². The van der Waals surface area contributed by atoms with Crippen LogP contribution in [0.3, 0.4) is 0 Å². The molecule has 0 spiro atoms. The van der Waals surface area contributed by atoms with Crippen LogP contribution in [0.2, 0.25) is 0 Å². The Bertz CT molecular complexity index is 1130. The molecule has 1 aliphatic carbocycles. The fourth-order valence-corrected chi connectivity index (χ4v) is 4.12. The minimum atomic E-state index is -0.426. The monoisotopic (exact) mass is 432 g/mol. The van der Waals surface area contributed by atoms with Crippen molar-refractivity contribution in [1.82, 2.24) is 5.43 Å². The molecule has 0 fully saturated rings. The largest absolute Gasteiger partial charge is 0.359 e. The van der Waals surface area contributed by atoms with Crippen LogP contribution in [0, 0.1) is 16.0 Å². The molecule has 0 saturated carbocycles. The SMILES string of the molecule is C[C@@H]1CC(=O)NN=C1c1ccc(NC2=C(Cc3cccc([N+](=O)[O-])c3)C(=O)CCC2)cc1. The van der Waals surface area contributed by atoms with Gasteiger partial charge in [0.15, 0.2) is 5.78 Å². The maximum absolute atomic E-state index is 12.7. The summed E-state index contributed by atoms with van der Waals surface area (Å²) in [6.45, 7) is 1.97. The Morgan fingerprint density at radius 1 is 1.16 bits per heavy atom. The molecule has 2 aromatic rings. The molecule has 8 heteroatoms. The number of nitrogens with one attached hydrogen (secondary N) is 2. The molecule has 1 aliphatic heterocycles. The van der Waals surface area contributed by atoms with E-state index in [1.54, 1.807) is 12.1 Å². The average Bonchev–Trinajstić information content (AvgIpc) is 2.77. The van der Waals surface area contributed by atoms with Gasteiger partial charge in [0.1, 0.15) is 0 Å². The number of non-ortho nitro benzene ring substituents is 1. The van der Waals surface area contributed by atoms with Crippen molar-refractivity contribution in [3.05, 3.63) is 81.0 Å². The number of nitrogens with zero attached hydrogens (tertiary/aromatic N) is 2. The van der Waals surface area contributed by atoms with Gasteiger partial charge in [0.2, 0.25) is 5.91 Å². The van der Waals surface area contributed by atoms with Crippen LogP contribution in [0.5, 0.6) is 0 Å². The number of rotatable bonds is 6. The standard InChI is InChI=1S/C24H24N4O4/c1-15-12-23(30)26-27-24(15)17-8-10-18(11-9-17)25-21-6-3-7-22(29)20(21)14-16-4-2-5-19(13-16)28(31)32/h2,4-5,8-11,13,15,25H,3,6-7,12,14H2,1H3,(H,26,30)/t15-/m1/s1.